The molecule has 5 heteroatoms. The maximum Gasteiger partial charge on any atom is 0.227 e. The Morgan fingerprint density at radius 2 is 1.85 bits per heavy atom. The number of ether oxygens (including phenoxy) is 2. The predicted octanol–water partition coefficient (Wildman–Crippen LogP) is 3.76. The number of amides is 1. The first kappa shape index (κ1) is 18.4. The van der Waals surface area contributed by atoms with Crippen molar-refractivity contribution in [3.63, 3.8) is 0 Å². The minimum absolute atomic E-state index is 0.0661. The molecule has 3 rings (SSSR count). The first-order valence-electron chi connectivity index (χ1n) is 8.95. The number of carbonyl (C=O) groups is 1. The Bertz CT molecular complexity index is 730. The average molecular weight is 357 g/mol. The Morgan fingerprint density at radius 1 is 1.15 bits per heavy atom. The van der Waals surface area contributed by atoms with E-state index in [9.17, 15) is 9.18 Å². The molecule has 0 radical (unpaired) electrons. The van der Waals surface area contributed by atoms with E-state index in [1.54, 1.807) is 12.1 Å². The van der Waals surface area contributed by atoms with E-state index in [1.807, 2.05) is 43.0 Å². The van der Waals surface area contributed by atoms with Gasteiger partial charge in [0.2, 0.25) is 5.91 Å². The summed E-state index contributed by atoms with van der Waals surface area (Å²) in [6, 6.07) is 13.9. The maximum atomic E-state index is 13.1. The van der Waals surface area contributed by atoms with Crippen LogP contribution in [0.25, 0.3) is 0 Å². The van der Waals surface area contributed by atoms with Crippen LogP contribution < -0.4 is 4.74 Å². The van der Waals surface area contributed by atoms with Gasteiger partial charge in [-0.25, -0.2) is 4.39 Å². The van der Waals surface area contributed by atoms with Gasteiger partial charge in [0, 0.05) is 6.54 Å². The summed E-state index contributed by atoms with van der Waals surface area (Å²) in [5.41, 5.74) is 1.84. The van der Waals surface area contributed by atoms with Crippen molar-refractivity contribution in [2.45, 2.75) is 32.5 Å². The molecule has 26 heavy (non-hydrogen) atoms. The van der Waals surface area contributed by atoms with E-state index in [-0.39, 0.29) is 23.9 Å². The van der Waals surface area contributed by atoms with Crippen molar-refractivity contribution in [3.8, 4) is 5.75 Å². The van der Waals surface area contributed by atoms with Gasteiger partial charge in [-0.2, -0.15) is 0 Å². The van der Waals surface area contributed by atoms with Crippen LogP contribution in [0, 0.1) is 5.82 Å². The monoisotopic (exact) mass is 357 g/mol. The molecule has 0 aliphatic carbocycles. The molecule has 138 valence electrons. The van der Waals surface area contributed by atoms with Crippen molar-refractivity contribution >= 4 is 5.91 Å². The van der Waals surface area contributed by atoms with Crippen molar-refractivity contribution in [1.29, 1.82) is 0 Å². The molecule has 0 saturated carbocycles. The second-order valence-electron chi connectivity index (χ2n) is 6.54. The van der Waals surface area contributed by atoms with Gasteiger partial charge in [0.1, 0.15) is 17.7 Å². The smallest absolute Gasteiger partial charge is 0.227 e. The molecule has 2 aromatic carbocycles. The molecule has 2 atom stereocenters. The highest BCUT2D eigenvalue weighted by Crippen LogP contribution is 2.26. The summed E-state index contributed by atoms with van der Waals surface area (Å²) in [6.07, 6.45) is 0.0432. The van der Waals surface area contributed by atoms with Gasteiger partial charge in [-0.05, 0) is 49.2 Å². The minimum atomic E-state index is -0.277. The number of halogens is 1. The van der Waals surface area contributed by atoms with Gasteiger partial charge in [0.05, 0.1) is 25.7 Å². The number of hydrogen-bond donors (Lipinski definition) is 0. The normalized spacial score (nSPS) is 20.0. The van der Waals surface area contributed by atoms with E-state index in [2.05, 4.69) is 0 Å². The summed E-state index contributed by atoms with van der Waals surface area (Å²) < 4.78 is 24.5. The number of carbonyl (C=O) groups excluding carboxylic acids is 1. The van der Waals surface area contributed by atoms with E-state index in [1.165, 1.54) is 12.1 Å². The predicted molar refractivity (Wildman–Crippen MR) is 97.6 cm³/mol. The topological polar surface area (TPSA) is 38.8 Å². The molecule has 1 fully saturated rings. The first-order valence-corrected chi connectivity index (χ1v) is 8.95. The first-order chi connectivity index (χ1) is 12.5. The molecule has 2 unspecified atom stereocenters. The second-order valence-corrected chi connectivity index (χ2v) is 6.54. The fraction of sp³-hybridized carbons (Fsp3) is 0.381. The van der Waals surface area contributed by atoms with E-state index in [0.29, 0.717) is 26.1 Å². The largest absolute Gasteiger partial charge is 0.494 e. The quantitative estimate of drug-likeness (QED) is 0.818. The average Bonchev–Trinajstić information content (AvgIpc) is 2.63. The summed E-state index contributed by atoms with van der Waals surface area (Å²) in [5.74, 6) is 0.595. The summed E-state index contributed by atoms with van der Waals surface area (Å²) in [5, 5.41) is 0. The Kier molecular flexibility index (Phi) is 5.89. The highest BCUT2D eigenvalue weighted by atomic mass is 19.1. The van der Waals surface area contributed by atoms with Crippen LogP contribution in [0.2, 0.25) is 0 Å². The number of benzene rings is 2. The van der Waals surface area contributed by atoms with Gasteiger partial charge in [-0.1, -0.05) is 24.3 Å². The van der Waals surface area contributed by atoms with Crippen LogP contribution in [-0.4, -0.2) is 36.6 Å². The number of morpholine rings is 1. The number of nitrogens with zero attached hydrogens (tertiary/aromatic N) is 1. The minimum Gasteiger partial charge on any atom is -0.494 e. The van der Waals surface area contributed by atoms with Gasteiger partial charge in [0.15, 0.2) is 0 Å². The highest BCUT2D eigenvalue weighted by Gasteiger charge is 2.29. The van der Waals surface area contributed by atoms with Crippen LogP contribution in [0.1, 0.15) is 31.1 Å². The van der Waals surface area contributed by atoms with Crippen molar-refractivity contribution in [1.82, 2.24) is 4.90 Å². The molecule has 2 aromatic rings. The van der Waals surface area contributed by atoms with E-state index >= 15 is 0 Å². The molecule has 4 nitrogen and oxygen atoms in total. The summed E-state index contributed by atoms with van der Waals surface area (Å²) in [7, 11) is 0. The molecule has 0 aromatic heterocycles. The molecule has 0 spiro atoms. The summed E-state index contributed by atoms with van der Waals surface area (Å²) in [6.45, 7) is 5.55. The Labute approximate surface area is 153 Å². The maximum absolute atomic E-state index is 13.1. The van der Waals surface area contributed by atoms with Crippen molar-refractivity contribution in [2.75, 3.05) is 19.7 Å². The third-order valence-electron chi connectivity index (χ3n) is 4.44. The summed E-state index contributed by atoms with van der Waals surface area (Å²) >= 11 is 0. The molecule has 0 bridgehead atoms. The van der Waals surface area contributed by atoms with Crippen LogP contribution >= 0.6 is 0 Å². The zero-order valence-corrected chi connectivity index (χ0v) is 15.2. The molecular weight excluding hydrogens is 333 g/mol. The highest BCUT2D eigenvalue weighted by molar-refractivity contribution is 5.79. The third kappa shape index (κ3) is 4.61. The standard InChI is InChI=1S/C21H24FNO3/c1-3-25-19-10-4-16(5-11-19)12-21(24)23-13-15(2)26-20(14-23)17-6-8-18(22)9-7-17/h4-11,15,20H,3,12-14H2,1-2H3. The number of rotatable bonds is 5. The van der Waals surface area contributed by atoms with Crippen molar-refractivity contribution < 1.29 is 18.7 Å². The SMILES string of the molecule is CCOc1ccc(CC(=O)N2CC(C)OC(c3ccc(F)cc3)C2)cc1. The van der Waals surface area contributed by atoms with E-state index in [4.69, 9.17) is 9.47 Å². The van der Waals surface area contributed by atoms with Crippen LogP contribution in [-0.2, 0) is 16.0 Å². The summed E-state index contributed by atoms with van der Waals surface area (Å²) in [4.78, 5) is 14.6. The van der Waals surface area contributed by atoms with Crippen LogP contribution in [0.3, 0.4) is 0 Å². The molecular formula is C21H24FNO3. The zero-order chi connectivity index (χ0) is 18.5. The van der Waals surface area contributed by atoms with Gasteiger partial charge in [-0.15, -0.1) is 0 Å². The molecule has 1 aliphatic rings. The van der Waals surface area contributed by atoms with Crippen LogP contribution in [0.5, 0.6) is 5.75 Å². The fourth-order valence-electron chi connectivity index (χ4n) is 3.17. The third-order valence-corrected chi connectivity index (χ3v) is 4.44. The van der Waals surface area contributed by atoms with Crippen LogP contribution in [0.4, 0.5) is 4.39 Å². The Morgan fingerprint density at radius 3 is 2.50 bits per heavy atom. The fourth-order valence-corrected chi connectivity index (χ4v) is 3.17. The molecule has 1 heterocycles. The number of hydrogen-bond acceptors (Lipinski definition) is 3. The van der Waals surface area contributed by atoms with Crippen LogP contribution in [0.15, 0.2) is 48.5 Å². The molecule has 1 aliphatic heterocycles. The molecule has 1 amide bonds. The lowest BCUT2D eigenvalue weighted by Crippen LogP contribution is -2.46. The van der Waals surface area contributed by atoms with E-state index < -0.39 is 0 Å². The van der Waals surface area contributed by atoms with Gasteiger partial charge in [-0.3, -0.25) is 4.79 Å². The zero-order valence-electron chi connectivity index (χ0n) is 15.2. The second kappa shape index (κ2) is 8.32. The molecule has 1 saturated heterocycles. The molecule has 0 N–H and O–H groups in total. The lowest BCUT2D eigenvalue weighted by Gasteiger charge is -2.37. The van der Waals surface area contributed by atoms with Crippen molar-refractivity contribution in [3.05, 3.63) is 65.5 Å². The lowest BCUT2D eigenvalue weighted by molar-refractivity contribution is -0.144. The van der Waals surface area contributed by atoms with Crippen molar-refractivity contribution in [2.24, 2.45) is 0 Å². The van der Waals surface area contributed by atoms with Gasteiger partial charge >= 0.3 is 0 Å². The lowest BCUT2D eigenvalue weighted by atomic mass is 10.1. The Hall–Kier alpha value is -2.40. The Balaban J connectivity index is 1.65. The van der Waals surface area contributed by atoms with E-state index in [0.717, 1.165) is 16.9 Å². The van der Waals surface area contributed by atoms with Gasteiger partial charge < -0.3 is 14.4 Å². The van der Waals surface area contributed by atoms with Gasteiger partial charge in [0.25, 0.3) is 0 Å².